The smallest absolute Gasteiger partial charge is 0.240 e. The van der Waals surface area contributed by atoms with E-state index in [9.17, 15) is 9.59 Å². The Bertz CT molecular complexity index is 812. The predicted octanol–water partition coefficient (Wildman–Crippen LogP) is 3.01. The van der Waals surface area contributed by atoms with Gasteiger partial charge < -0.3 is 19.9 Å². The zero-order valence-corrected chi connectivity index (χ0v) is 17.2. The monoisotopic (exact) mass is 395 g/mol. The zero-order valence-electron chi connectivity index (χ0n) is 17.2. The molecule has 0 aromatic heterocycles. The van der Waals surface area contributed by atoms with E-state index in [0.717, 1.165) is 36.5 Å². The van der Waals surface area contributed by atoms with Crippen LogP contribution in [0.15, 0.2) is 48.5 Å². The molecule has 0 aliphatic carbocycles. The number of carbonyl (C=O) groups is 2. The molecule has 0 atom stereocenters. The minimum absolute atomic E-state index is 0.0149. The van der Waals surface area contributed by atoms with Crippen LogP contribution in [0.25, 0.3) is 0 Å². The van der Waals surface area contributed by atoms with Gasteiger partial charge >= 0.3 is 0 Å². The van der Waals surface area contributed by atoms with E-state index in [-0.39, 0.29) is 18.4 Å². The van der Waals surface area contributed by atoms with E-state index < -0.39 is 0 Å². The Morgan fingerprint density at radius 3 is 2.28 bits per heavy atom. The molecule has 3 rings (SSSR count). The van der Waals surface area contributed by atoms with Crippen LogP contribution in [0, 0.1) is 0 Å². The van der Waals surface area contributed by atoms with Gasteiger partial charge in [0.05, 0.1) is 7.11 Å². The number of anilines is 2. The number of carbonyl (C=O) groups excluding carboxylic acids is 2. The Morgan fingerprint density at radius 2 is 1.69 bits per heavy atom. The first-order valence-corrected chi connectivity index (χ1v) is 10.1. The van der Waals surface area contributed by atoms with E-state index in [2.05, 4.69) is 10.2 Å². The molecule has 1 aliphatic rings. The highest BCUT2D eigenvalue weighted by Crippen LogP contribution is 2.24. The van der Waals surface area contributed by atoms with Gasteiger partial charge in [-0.05, 0) is 61.2 Å². The van der Waals surface area contributed by atoms with Gasteiger partial charge in [-0.25, -0.2) is 0 Å². The highest BCUT2D eigenvalue weighted by molar-refractivity contribution is 5.97. The summed E-state index contributed by atoms with van der Waals surface area (Å²) < 4.78 is 5.15. The molecule has 6 heteroatoms. The maximum atomic E-state index is 12.4. The number of hydrogen-bond acceptors (Lipinski definition) is 4. The Balaban J connectivity index is 1.52. The van der Waals surface area contributed by atoms with Crippen molar-refractivity contribution in [3.8, 4) is 5.75 Å². The van der Waals surface area contributed by atoms with E-state index in [1.807, 2.05) is 48.5 Å². The Morgan fingerprint density at radius 1 is 1.03 bits per heavy atom. The average Bonchev–Trinajstić information content (AvgIpc) is 3.27. The normalized spacial score (nSPS) is 13.2. The lowest BCUT2D eigenvalue weighted by Crippen LogP contribution is -2.40. The van der Waals surface area contributed by atoms with Crippen LogP contribution in [0.2, 0.25) is 0 Å². The van der Waals surface area contributed by atoms with E-state index in [1.165, 1.54) is 30.4 Å². The van der Waals surface area contributed by atoms with Crippen molar-refractivity contribution in [3.05, 3.63) is 54.1 Å². The van der Waals surface area contributed by atoms with Crippen molar-refractivity contribution in [3.63, 3.8) is 0 Å². The number of hydrogen-bond donors (Lipinski definition) is 1. The van der Waals surface area contributed by atoms with Gasteiger partial charge in [-0.2, -0.15) is 0 Å². The molecular formula is C23H29N3O3. The van der Waals surface area contributed by atoms with Crippen LogP contribution in [-0.2, 0) is 16.0 Å². The first kappa shape index (κ1) is 20.7. The van der Waals surface area contributed by atoms with Crippen LogP contribution in [0.1, 0.15) is 25.3 Å². The van der Waals surface area contributed by atoms with Gasteiger partial charge in [-0.1, -0.05) is 12.1 Å². The Hall–Kier alpha value is -3.02. The van der Waals surface area contributed by atoms with Crippen LogP contribution in [-0.4, -0.2) is 45.1 Å². The molecule has 0 spiro atoms. The molecule has 1 heterocycles. The number of benzene rings is 2. The van der Waals surface area contributed by atoms with Gasteiger partial charge in [-0.15, -0.1) is 0 Å². The van der Waals surface area contributed by atoms with Crippen LogP contribution >= 0.6 is 0 Å². The second kappa shape index (κ2) is 9.96. The van der Waals surface area contributed by atoms with Gasteiger partial charge in [0.15, 0.2) is 0 Å². The minimum Gasteiger partial charge on any atom is -0.497 e. The third-order valence-corrected chi connectivity index (χ3v) is 5.21. The first-order valence-electron chi connectivity index (χ1n) is 10.1. The molecule has 1 N–H and O–H groups in total. The quantitative estimate of drug-likeness (QED) is 0.746. The minimum atomic E-state index is -0.169. The molecule has 0 unspecified atom stereocenters. The maximum Gasteiger partial charge on any atom is 0.240 e. The summed E-state index contributed by atoms with van der Waals surface area (Å²) in [6.07, 6.45) is 3.16. The van der Waals surface area contributed by atoms with Crippen LogP contribution < -0.4 is 19.9 Å². The number of nitrogens with one attached hydrogen (secondary N) is 1. The van der Waals surface area contributed by atoms with Gasteiger partial charge in [0.1, 0.15) is 12.3 Å². The van der Waals surface area contributed by atoms with E-state index in [1.54, 1.807) is 7.11 Å². The lowest BCUT2D eigenvalue weighted by molar-refractivity contribution is -0.123. The second-order valence-corrected chi connectivity index (χ2v) is 7.26. The molecule has 29 heavy (non-hydrogen) atoms. The van der Waals surface area contributed by atoms with Gasteiger partial charge in [-0.3, -0.25) is 9.59 Å². The third-order valence-electron chi connectivity index (χ3n) is 5.21. The van der Waals surface area contributed by atoms with Gasteiger partial charge in [0.2, 0.25) is 11.8 Å². The summed E-state index contributed by atoms with van der Waals surface area (Å²) in [5.74, 6) is 0.493. The fourth-order valence-electron chi connectivity index (χ4n) is 3.54. The van der Waals surface area contributed by atoms with Gasteiger partial charge in [0, 0.05) is 37.9 Å². The van der Waals surface area contributed by atoms with Crippen LogP contribution in [0.4, 0.5) is 11.4 Å². The molecule has 0 saturated carbocycles. The Kier molecular flexibility index (Phi) is 7.11. The van der Waals surface area contributed by atoms with Crippen molar-refractivity contribution in [2.45, 2.75) is 26.2 Å². The Labute approximate surface area is 172 Å². The number of ether oxygens (including phenoxy) is 1. The average molecular weight is 396 g/mol. The number of nitrogens with zero attached hydrogens (tertiary/aromatic N) is 2. The summed E-state index contributed by atoms with van der Waals surface area (Å²) in [6, 6.07) is 15.7. The van der Waals surface area contributed by atoms with Crippen molar-refractivity contribution < 1.29 is 14.3 Å². The van der Waals surface area contributed by atoms with E-state index in [4.69, 9.17) is 4.74 Å². The molecule has 1 fully saturated rings. The summed E-state index contributed by atoms with van der Waals surface area (Å²) in [5, 5.41) is 2.90. The number of amides is 2. The molecule has 1 saturated heterocycles. The number of methoxy groups -OCH3 is 1. The molecule has 2 aromatic carbocycles. The largest absolute Gasteiger partial charge is 0.497 e. The molecule has 0 bridgehead atoms. The first-order chi connectivity index (χ1) is 14.1. The summed E-state index contributed by atoms with van der Waals surface area (Å²) in [7, 11) is 1.63. The standard InChI is InChI=1S/C23H29N3O3/c1-18(27)26(21-9-7-20(8-10-21)25-15-3-4-16-25)17-23(28)24-14-13-19-5-11-22(29-2)12-6-19/h5-12H,3-4,13-17H2,1-2H3,(H,24,28). The highest BCUT2D eigenvalue weighted by atomic mass is 16.5. The molecule has 0 radical (unpaired) electrons. The van der Waals surface area contributed by atoms with Crippen LogP contribution in [0.3, 0.4) is 0 Å². The topological polar surface area (TPSA) is 61.9 Å². The van der Waals surface area contributed by atoms with Crippen molar-refractivity contribution in [1.29, 1.82) is 0 Å². The summed E-state index contributed by atoms with van der Waals surface area (Å²) in [6.45, 7) is 4.17. The molecule has 6 nitrogen and oxygen atoms in total. The second-order valence-electron chi connectivity index (χ2n) is 7.26. The highest BCUT2D eigenvalue weighted by Gasteiger charge is 2.17. The lowest BCUT2D eigenvalue weighted by Gasteiger charge is -2.23. The molecular weight excluding hydrogens is 366 g/mol. The van der Waals surface area contributed by atoms with Crippen molar-refractivity contribution in [2.24, 2.45) is 0 Å². The van der Waals surface area contributed by atoms with Crippen molar-refractivity contribution >= 4 is 23.2 Å². The van der Waals surface area contributed by atoms with Crippen LogP contribution in [0.5, 0.6) is 5.75 Å². The van der Waals surface area contributed by atoms with Crippen molar-refractivity contribution in [1.82, 2.24) is 5.32 Å². The fraction of sp³-hybridized carbons (Fsp3) is 0.391. The fourth-order valence-corrected chi connectivity index (χ4v) is 3.54. The molecule has 1 aliphatic heterocycles. The molecule has 2 aromatic rings. The summed E-state index contributed by atoms with van der Waals surface area (Å²) in [5.41, 5.74) is 3.02. The maximum absolute atomic E-state index is 12.4. The molecule has 2 amide bonds. The van der Waals surface area contributed by atoms with Crippen molar-refractivity contribution in [2.75, 3.05) is 43.1 Å². The third kappa shape index (κ3) is 5.73. The summed E-state index contributed by atoms with van der Waals surface area (Å²) >= 11 is 0. The van der Waals surface area contributed by atoms with E-state index >= 15 is 0 Å². The summed E-state index contributed by atoms with van der Waals surface area (Å²) in [4.78, 5) is 28.3. The van der Waals surface area contributed by atoms with Gasteiger partial charge in [0.25, 0.3) is 0 Å². The predicted molar refractivity (Wildman–Crippen MR) is 116 cm³/mol. The number of rotatable bonds is 8. The molecule has 154 valence electrons. The SMILES string of the molecule is COc1ccc(CCNC(=O)CN(C(C)=O)c2ccc(N3CCCC3)cc2)cc1. The van der Waals surface area contributed by atoms with E-state index in [0.29, 0.717) is 6.54 Å². The lowest BCUT2D eigenvalue weighted by atomic mass is 10.1. The zero-order chi connectivity index (χ0) is 20.6.